The summed E-state index contributed by atoms with van der Waals surface area (Å²) in [6.07, 6.45) is 0.0825. The van der Waals surface area contributed by atoms with E-state index in [1.165, 1.54) is 16.2 Å². The number of nitrogens with zero attached hydrogens (tertiary/aromatic N) is 2. The summed E-state index contributed by atoms with van der Waals surface area (Å²) in [5.74, 6) is 1.04. The molecule has 0 saturated carbocycles. The van der Waals surface area contributed by atoms with Crippen LogP contribution in [0.25, 0.3) is 10.2 Å². The van der Waals surface area contributed by atoms with E-state index in [0.29, 0.717) is 21.6 Å². The number of aromatic amines is 1. The van der Waals surface area contributed by atoms with E-state index in [4.69, 9.17) is 4.74 Å². The third kappa shape index (κ3) is 3.88. The molecule has 0 radical (unpaired) electrons. The smallest absolute Gasteiger partial charge is 0.268 e. The van der Waals surface area contributed by atoms with Gasteiger partial charge in [-0.15, -0.1) is 11.3 Å². The molecule has 0 atom stereocenters. The highest BCUT2D eigenvalue weighted by Crippen LogP contribution is 2.16. The SMILES string of the molecule is CC(C)Oc1ccc(C(=O)N(C)Cc2nc3ccsc3c(=O)[nH]2)cc1. The van der Waals surface area contributed by atoms with Gasteiger partial charge < -0.3 is 14.6 Å². The van der Waals surface area contributed by atoms with Crippen LogP contribution >= 0.6 is 11.3 Å². The van der Waals surface area contributed by atoms with Gasteiger partial charge in [0.05, 0.1) is 18.2 Å². The molecule has 0 spiro atoms. The van der Waals surface area contributed by atoms with Crippen molar-refractivity contribution in [2.45, 2.75) is 26.5 Å². The number of carbonyl (C=O) groups is 1. The summed E-state index contributed by atoms with van der Waals surface area (Å²) < 4.78 is 6.17. The fourth-order valence-electron chi connectivity index (χ4n) is 2.46. The normalized spacial score (nSPS) is 11.0. The zero-order valence-electron chi connectivity index (χ0n) is 14.3. The zero-order valence-corrected chi connectivity index (χ0v) is 15.1. The third-order valence-electron chi connectivity index (χ3n) is 3.57. The number of ether oxygens (including phenoxy) is 1. The lowest BCUT2D eigenvalue weighted by atomic mass is 10.2. The predicted molar refractivity (Wildman–Crippen MR) is 98.2 cm³/mol. The van der Waals surface area contributed by atoms with E-state index in [9.17, 15) is 9.59 Å². The molecule has 7 heteroatoms. The maximum absolute atomic E-state index is 12.5. The van der Waals surface area contributed by atoms with Gasteiger partial charge in [-0.1, -0.05) is 0 Å². The summed E-state index contributed by atoms with van der Waals surface area (Å²) in [5, 5.41) is 1.83. The Labute approximate surface area is 149 Å². The Bertz CT molecular complexity index is 944. The predicted octanol–water partition coefficient (Wildman–Crippen LogP) is 3.04. The van der Waals surface area contributed by atoms with E-state index < -0.39 is 0 Å². The number of hydrogen-bond acceptors (Lipinski definition) is 5. The molecule has 1 N–H and O–H groups in total. The zero-order chi connectivity index (χ0) is 18.0. The van der Waals surface area contributed by atoms with Gasteiger partial charge >= 0.3 is 0 Å². The number of aromatic nitrogens is 2. The van der Waals surface area contributed by atoms with Crippen molar-refractivity contribution < 1.29 is 9.53 Å². The summed E-state index contributed by atoms with van der Waals surface area (Å²) in [6, 6.07) is 8.81. The highest BCUT2D eigenvalue weighted by Gasteiger charge is 2.14. The summed E-state index contributed by atoms with van der Waals surface area (Å²) in [6.45, 7) is 4.12. The number of amides is 1. The van der Waals surface area contributed by atoms with Gasteiger partial charge in [-0.25, -0.2) is 4.98 Å². The molecule has 2 aromatic heterocycles. The van der Waals surface area contributed by atoms with Crippen molar-refractivity contribution >= 4 is 27.5 Å². The van der Waals surface area contributed by atoms with E-state index >= 15 is 0 Å². The lowest BCUT2D eigenvalue weighted by Gasteiger charge is -2.17. The molecule has 0 aliphatic carbocycles. The molecule has 0 unspecified atom stereocenters. The Morgan fingerprint density at radius 2 is 2.00 bits per heavy atom. The minimum absolute atomic E-state index is 0.0825. The Morgan fingerprint density at radius 1 is 1.28 bits per heavy atom. The summed E-state index contributed by atoms with van der Waals surface area (Å²) >= 11 is 1.35. The number of benzene rings is 1. The van der Waals surface area contributed by atoms with Crippen LogP contribution in [0.15, 0.2) is 40.5 Å². The molecule has 2 heterocycles. The largest absolute Gasteiger partial charge is 0.491 e. The van der Waals surface area contributed by atoms with Crippen molar-refractivity contribution in [2.24, 2.45) is 0 Å². The van der Waals surface area contributed by atoms with Crippen LogP contribution in [0.2, 0.25) is 0 Å². The molecular formula is C18H19N3O3S. The number of H-pyrrole nitrogens is 1. The molecule has 25 heavy (non-hydrogen) atoms. The quantitative estimate of drug-likeness (QED) is 0.761. The first-order valence-electron chi connectivity index (χ1n) is 7.92. The highest BCUT2D eigenvalue weighted by molar-refractivity contribution is 7.17. The molecule has 0 aliphatic heterocycles. The van der Waals surface area contributed by atoms with Crippen LogP contribution in [0, 0.1) is 0 Å². The van der Waals surface area contributed by atoms with Crippen molar-refractivity contribution in [1.29, 1.82) is 0 Å². The first kappa shape index (κ1) is 17.2. The van der Waals surface area contributed by atoms with Crippen molar-refractivity contribution in [3.05, 3.63) is 57.5 Å². The molecule has 6 nitrogen and oxygen atoms in total. The van der Waals surface area contributed by atoms with Crippen LogP contribution in [0.1, 0.15) is 30.0 Å². The molecule has 0 bridgehead atoms. The number of rotatable bonds is 5. The number of carbonyl (C=O) groups excluding carboxylic acids is 1. The maximum Gasteiger partial charge on any atom is 0.268 e. The second-order valence-corrected chi connectivity index (χ2v) is 6.92. The molecule has 130 valence electrons. The van der Waals surface area contributed by atoms with Gasteiger partial charge in [-0.3, -0.25) is 9.59 Å². The van der Waals surface area contributed by atoms with E-state index in [-0.39, 0.29) is 24.1 Å². The van der Waals surface area contributed by atoms with Gasteiger partial charge in [0.25, 0.3) is 11.5 Å². The van der Waals surface area contributed by atoms with Gasteiger partial charge in [0.1, 0.15) is 16.3 Å². The van der Waals surface area contributed by atoms with Gasteiger partial charge in [0, 0.05) is 12.6 Å². The lowest BCUT2D eigenvalue weighted by molar-refractivity contribution is 0.0781. The summed E-state index contributed by atoms with van der Waals surface area (Å²) in [5.41, 5.74) is 1.03. The standard InChI is InChI=1S/C18H19N3O3S/c1-11(2)24-13-6-4-12(5-7-13)18(23)21(3)10-15-19-14-8-9-25-16(14)17(22)20-15/h4-9,11H,10H2,1-3H3,(H,19,20,22). The highest BCUT2D eigenvalue weighted by atomic mass is 32.1. The molecule has 1 amide bonds. The fraction of sp³-hybridized carbons (Fsp3) is 0.278. The summed E-state index contributed by atoms with van der Waals surface area (Å²) in [4.78, 5) is 33.2. The van der Waals surface area contributed by atoms with Crippen LogP contribution in [-0.4, -0.2) is 33.9 Å². The van der Waals surface area contributed by atoms with Gasteiger partial charge in [0.2, 0.25) is 0 Å². The Balaban J connectivity index is 1.74. The number of thiophene rings is 1. The van der Waals surface area contributed by atoms with Crippen LogP contribution in [0.3, 0.4) is 0 Å². The Kier molecular flexibility index (Phi) is 4.85. The monoisotopic (exact) mass is 357 g/mol. The van der Waals surface area contributed by atoms with Gasteiger partial charge in [-0.2, -0.15) is 0 Å². The second kappa shape index (κ2) is 7.06. The van der Waals surface area contributed by atoms with Gasteiger partial charge in [-0.05, 0) is 49.6 Å². The number of hydrogen-bond donors (Lipinski definition) is 1. The van der Waals surface area contributed by atoms with Gasteiger partial charge in [0.15, 0.2) is 0 Å². The molecule has 0 saturated heterocycles. The van der Waals surface area contributed by atoms with Crippen molar-refractivity contribution in [1.82, 2.24) is 14.9 Å². The maximum atomic E-state index is 12.5. The minimum atomic E-state index is -0.175. The third-order valence-corrected chi connectivity index (χ3v) is 4.47. The van der Waals surface area contributed by atoms with Crippen LogP contribution in [0.5, 0.6) is 5.75 Å². The topological polar surface area (TPSA) is 75.3 Å². The molecular weight excluding hydrogens is 338 g/mol. The fourth-order valence-corrected chi connectivity index (χ4v) is 3.19. The van der Waals surface area contributed by atoms with Crippen molar-refractivity contribution in [3.63, 3.8) is 0 Å². The molecule has 3 aromatic rings. The van der Waals surface area contributed by atoms with Crippen LogP contribution < -0.4 is 10.3 Å². The van der Waals surface area contributed by atoms with Crippen LogP contribution in [-0.2, 0) is 6.54 Å². The van der Waals surface area contributed by atoms with E-state index in [0.717, 1.165) is 5.75 Å². The minimum Gasteiger partial charge on any atom is -0.491 e. The van der Waals surface area contributed by atoms with Crippen LogP contribution in [0.4, 0.5) is 0 Å². The Morgan fingerprint density at radius 3 is 2.68 bits per heavy atom. The van der Waals surface area contributed by atoms with E-state index in [1.54, 1.807) is 37.4 Å². The number of fused-ring (bicyclic) bond motifs is 1. The first-order valence-corrected chi connectivity index (χ1v) is 8.80. The number of nitrogens with one attached hydrogen (secondary N) is 1. The second-order valence-electron chi connectivity index (χ2n) is 6.00. The molecule has 3 rings (SSSR count). The molecule has 1 aromatic carbocycles. The average Bonchev–Trinajstić information content (AvgIpc) is 3.03. The molecule has 0 aliphatic rings. The summed E-state index contributed by atoms with van der Waals surface area (Å²) in [7, 11) is 1.68. The van der Waals surface area contributed by atoms with E-state index in [2.05, 4.69) is 9.97 Å². The van der Waals surface area contributed by atoms with E-state index in [1.807, 2.05) is 19.2 Å². The molecule has 0 fully saturated rings. The van der Waals surface area contributed by atoms with Crippen molar-refractivity contribution in [2.75, 3.05) is 7.05 Å². The Hall–Kier alpha value is -2.67. The average molecular weight is 357 g/mol. The first-order chi connectivity index (χ1) is 11.9. The lowest BCUT2D eigenvalue weighted by Crippen LogP contribution is -2.28. The van der Waals surface area contributed by atoms with Crippen molar-refractivity contribution in [3.8, 4) is 5.75 Å².